The van der Waals surface area contributed by atoms with Crippen LogP contribution in [-0.4, -0.2) is 28.1 Å². The summed E-state index contributed by atoms with van der Waals surface area (Å²) in [6.45, 7) is 3.24. The summed E-state index contributed by atoms with van der Waals surface area (Å²) in [5.74, 6) is -0.0919. The normalized spacial score (nSPS) is 11.7. The number of hydrogen-bond acceptors (Lipinski definition) is 3. The molecule has 0 saturated carbocycles. The van der Waals surface area contributed by atoms with E-state index in [-0.39, 0.29) is 11.8 Å². The van der Waals surface area contributed by atoms with E-state index in [0.29, 0.717) is 12.2 Å². The third kappa shape index (κ3) is 4.45. The Morgan fingerprint density at radius 2 is 2.00 bits per heavy atom. The van der Waals surface area contributed by atoms with Crippen molar-refractivity contribution < 1.29 is 9.59 Å². The molecule has 6 nitrogen and oxygen atoms in total. The molecule has 0 fully saturated rings. The number of H-pyrrole nitrogens is 1. The van der Waals surface area contributed by atoms with Crippen LogP contribution in [0.15, 0.2) is 36.4 Å². The van der Waals surface area contributed by atoms with Gasteiger partial charge in [-0.25, -0.2) is 0 Å². The minimum Gasteiger partial charge on any atom is -0.344 e. The van der Waals surface area contributed by atoms with Gasteiger partial charge < -0.3 is 10.6 Å². The average molecular weight is 286 g/mol. The van der Waals surface area contributed by atoms with Crippen molar-refractivity contribution in [3.05, 3.63) is 47.7 Å². The number of rotatable bonds is 5. The van der Waals surface area contributed by atoms with Crippen molar-refractivity contribution in [2.75, 3.05) is 5.32 Å². The van der Waals surface area contributed by atoms with Crippen molar-refractivity contribution in [1.82, 2.24) is 15.5 Å². The van der Waals surface area contributed by atoms with Crippen LogP contribution in [0.25, 0.3) is 0 Å². The Labute approximate surface area is 122 Å². The fraction of sp³-hybridized carbons (Fsp3) is 0.267. The average Bonchev–Trinajstić information content (AvgIpc) is 2.84. The molecular formula is C15H18N4O2. The number of anilines is 1. The lowest BCUT2D eigenvalue weighted by atomic mass is 10.1. The van der Waals surface area contributed by atoms with Crippen LogP contribution in [0.1, 0.15) is 18.2 Å². The molecule has 2 amide bonds. The second-order valence-electron chi connectivity index (χ2n) is 4.87. The highest BCUT2D eigenvalue weighted by molar-refractivity contribution is 5.96. The van der Waals surface area contributed by atoms with Crippen molar-refractivity contribution in [2.45, 2.75) is 26.3 Å². The van der Waals surface area contributed by atoms with Crippen LogP contribution in [0.5, 0.6) is 0 Å². The second kappa shape index (κ2) is 6.69. The van der Waals surface area contributed by atoms with E-state index in [1.54, 1.807) is 6.07 Å². The van der Waals surface area contributed by atoms with Crippen LogP contribution in [0, 0.1) is 6.92 Å². The molecule has 3 N–H and O–H groups in total. The van der Waals surface area contributed by atoms with Gasteiger partial charge in [0, 0.05) is 25.1 Å². The van der Waals surface area contributed by atoms with Crippen LogP contribution in [0.2, 0.25) is 0 Å². The predicted molar refractivity (Wildman–Crippen MR) is 79.7 cm³/mol. The van der Waals surface area contributed by atoms with E-state index in [9.17, 15) is 9.59 Å². The van der Waals surface area contributed by atoms with Gasteiger partial charge in [0.1, 0.15) is 6.04 Å². The standard InChI is InChI=1S/C15H18N4O2/c1-10-8-14(19-18-10)17-15(21)13(16-11(2)20)9-12-6-4-3-5-7-12/h3-8,13H,9H2,1-2H3,(H,16,20)(H2,17,18,19,21)/t13-/m0/s1. The summed E-state index contributed by atoms with van der Waals surface area (Å²) in [7, 11) is 0. The highest BCUT2D eigenvalue weighted by atomic mass is 16.2. The van der Waals surface area contributed by atoms with Gasteiger partial charge in [0.2, 0.25) is 11.8 Å². The lowest BCUT2D eigenvalue weighted by molar-refractivity contribution is -0.125. The Bertz CT molecular complexity index is 622. The molecule has 110 valence electrons. The molecule has 2 rings (SSSR count). The number of nitrogens with zero attached hydrogens (tertiary/aromatic N) is 1. The predicted octanol–water partition coefficient (Wildman–Crippen LogP) is 1.40. The van der Waals surface area contributed by atoms with E-state index < -0.39 is 6.04 Å². The van der Waals surface area contributed by atoms with Gasteiger partial charge in [-0.05, 0) is 12.5 Å². The van der Waals surface area contributed by atoms with Gasteiger partial charge >= 0.3 is 0 Å². The Kier molecular flexibility index (Phi) is 4.71. The van der Waals surface area contributed by atoms with E-state index in [1.807, 2.05) is 37.3 Å². The van der Waals surface area contributed by atoms with E-state index >= 15 is 0 Å². The highest BCUT2D eigenvalue weighted by Crippen LogP contribution is 2.08. The van der Waals surface area contributed by atoms with Gasteiger partial charge in [-0.2, -0.15) is 5.10 Å². The number of carbonyl (C=O) groups is 2. The first-order valence-electron chi connectivity index (χ1n) is 6.68. The molecule has 0 spiro atoms. The molecule has 0 radical (unpaired) electrons. The maximum Gasteiger partial charge on any atom is 0.248 e. The number of hydrogen-bond donors (Lipinski definition) is 3. The van der Waals surface area contributed by atoms with E-state index in [2.05, 4.69) is 20.8 Å². The first-order chi connectivity index (χ1) is 10.0. The van der Waals surface area contributed by atoms with Crippen molar-refractivity contribution in [3.8, 4) is 0 Å². The van der Waals surface area contributed by atoms with Crippen molar-refractivity contribution in [2.24, 2.45) is 0 Å². The van der Waals surface area contributed by atoms with Crippen molar-refractivity contribution in [1.29, 1.82) is 0 Å². The largest absolute Gasteiger partial charge is 0.344 e. The molecule has 0 unspecified atom stereocenters. The Balaban J connectivity index is 2.07. The molecule has 21 heavy (non-hydrogen) atoms. The second-order valence-corrected chi connectivity index (χ2v) is 4.87. The van der Waals surface area contributed by atoms with Crippen LogP contribution in [-0.2, 0) is 16.0 Å². The summed E-state index contributed by atoms with van der Waals surface area (Å²) in [6.07, 6.45) is 0.426. The monoisotopic (exact) mass is 286 g/mol. The van der Waals surface area contributed by atoms with Crippen LogP contribution in [0.3, 0.4) is 0 Å². The Hall–Kier alpha value is -2.63. The molecule has 1 aromatic carbocycles. The fourth-order valence-electron chi connectivity index (χ4n) is 2.00. The van der Waals surface area contributed by atoms with E-state index in [4.69, 9.17) is 0 Å². The van der Waals surface area contributed by atoms with Gasteiger partial charge in [0.05, 0.1) is 0 Å². The third-order valence-corrected chi connectivity index (χ3v) is 2.93. The lowest BCUT2D eigenvalue weighted by Crippen LogP contribution is -2.44. The zero-order valence-electron chi connectivity index (χ0n) is 12.0. The molecular weight excluding hydrogens is 268 g/mol. The lowest BCUT2D eigenvalue weighted by Gasteiger charge is -2.16. The zero-order valence-corrected chi connectivity index (χ0v) is 12.0. The number of benzene rings is 1. The molecule has 1 heterocycles. The molecule has 1 atom stereocenters. The van der Waals surface area contributed by atoms with Gasteiger partial charge in [0.25, 0.3) is 0 Å². The van der Waals surface area contributed by atoms with Crippen LogP contribution in [0.4, 0.5) is 5.82 Å². The Morgan fingerprint density at radius 1 is 1.29 bits per heavy atom. The minimum absolute atomic E-state index is 0.246. The molecule has 0 aliphatic heterocycles. The first-order valence-corrected chi connectivity index (χ1v) is 6.68. The summed E-state index contributed by atoms with van der Waals surface area (Å²) in [6, 6.07) is 10.6. The maximum absolute atomic E-state index is 12.3. The third-order valence-electron chi connectivity index (χ3n) is 2.93. The van der Waals surface area contributed by atoms with Crippen molar-refractivity contribution in [3.63, 3.8) is 0 Å². The molecule has 1 aromatic heterocycles. The quantitative estimate of drug-likeness (QED) is 0.776. The number of aromatic nitrogens is 2. The van der Waals surface area contributed by atoms with Gasteiger partial charge in [-0.15, -0.1) is 0 Å². The summed E-state index contributed by atoms with van der Waals surface area (Å²) >= 11 is 0. The van der Waals surface area contributed by atoms with Crippen molar-refractivity contribution >= 4 is 17.6 Å². The minimum atomic E-state index is -0.637. The smallest absolute Gasteiger partial charge is 0.248 e. The Morgan fingerprint density at radius 3 is 2.57 bits per heavy atom. The van der Waals surface area contributed by atoms with Gasteiger partial charge in [-0.3, -0.25) is 14.7 Å². The molecule has 0 aliphatic carbocycles. The number of carbonyl (C=O) groups excluding carboxylic acids is 2. The van der Waals surface area contributed by atoms with E-state index in [0.717, 1.165) is 11.3 Å². The van der Waals surface area contributed by atoms with Crippen LogP contribution >= 0.6 is 0 Å². The first kappa shape index (κ1) is 14.8. The SMILES string of the molecule is CC(=O)N[C@@H](Cc1ccccc1)C(=O)Nc1cc(C)[nH]n1. The number of amides is 2. The maximum atomic E-state index is 12.3. The summed E-state index contributed by atoms with van der Waals surface area (Å²) in [5.41, 5.74) is 1.83. The number of nitrogens with one attached hydrogen (secondary N) is 3. The highest BCUT2D eigenvalue weighted by Gasteiger charge is 2.20. The fourth-order valence-corrected chi connectivity index (χ4v) is 2.00. The summed E-state index contributed by atoms with van der Waals surface area (Å²) in [5, 5.41) is 12.1. The number of aryl methyl sites for hydroxylation is 1. The van der Waals surface area contributed by atoms with E-state index in [1.165, 1.54) is 6.92 Å². The molecule has 6 heteroatoms. The molecule has 0 aliphatic rings. The molecule has 0 bridgehead atoms. The topological polar surface area (TPSA) is 86.9 Å². The zero-order chi connectivity index (χ0) is 15.2. The van der Waals surface area contributed by atoms with Crippen LogP contribution < -0.4 is 10.6 Å². The van der Waals surface area contributed by atoms with Gasteiger partial charge in [0.15, 0.2) is 5.82 Å². The summed E-state index contributed by atoms with van der Waals surface area (Å²) in [4.78, 5) is 23.6. The molecule has 0 saturated heterocycles. The molecule has 2 aromatic rings. The van der Waals surface area contributed by atoms with Gasteiger partial charge in [-0.1, -0.05) is 30.3 Å². The number of aromatic amines is 1. The summed E-state index contributed by atoms with van der Waals surface area (Å²) < 4.78 is 0.